The largest absolute Gasteiger partial charge is 0.494 e. The number of para-hydroxylation sites is 1. The number of furan rings is 1. The molecule has 0 spiro atoms. The second kappa shape index (κ2) is 8.95. The summed E-state index contributed by atoms with van der Waals surface area (Å²) in [6.07, 6.45) is 0. The molecule has 0 saturated carbocycles. The molecule has 2 heterocycles. The zero-order valence-corrected chi connectivity index (χ0v) is 19.1. The third-order valence-corrected chi connectivity index (χ3v) is 5.57. The van der Waals surface area contributed by atoms with Crippen LogP contribution in [0.3, 0.4) is 0 Å². The lowest BCUT2D eigenvalue weighted by molar-refractivity contribution is 0.0997. The average molecular weight is 467 g/mol. The summed E-state index contributed by atoms with van der Waals surface area (Å²) in [6, 6.07) is 20.0. The Morgan fingerprint density at radius 1 is 0.886 bits per heavy atom. The van der Waals surface area contributed by atoms with Crippen molar-refractivity contribution in [1.29, 1.82) is 0 Å². The maximum absolute atomic E-state index is 13.3. The fourth-order valence-corrected chi connectivity index (χ4v) is 3.89. The number of aryl methyl sites for hydroxylation is 1. The summed E-state index contributed by atoms with van der Waals surface area (Å²) in [5, 5.41) is 3.66. The highest BCUT2D eigenvalue weighted by molar-refractivity contribution is 6.18. The quantitative estimate of drug-likeness (QED) is 0.320. The Labute approximate surface area is 199 Å². The second-order valence-corrected chi connectivity index (χ2v) is 8.02. The molecule has 174 valence electrons. The van der Waals surface area contributed by atoms with Crippen LogP contribution in [-0.2, 0) is 0 Å². The molecule has 5 aromatic rings. The van der Waals surface area contributed by atoms with Gasteiger partial charge in [0.05, 0.1) is 17.7 Å². The maximum atomic E-state index is 13.3. The van der Waals surface area contributed by atoms with E-state index in [-0.39, 0.29) is 22.6 Å². The minimum Gasteiger partial charge on any atom is -0.494 e. The van der Waals surface area contributed by atoms with Crippen LogP contribution in [0.5, 0.6) is 5.75 Å². The predicted octanol–water partition coefficient (Wildman–Crippen LogP) is 5.73. The van der Waals surface area contributed by atoms with E-state index >= 15 is 0 Å². The first kappa shape index (κ1) is 22.2. The Hall–Kier alpha value is -4.65. The van der Waals surface area contributed by atoms with Crippen LogP contribution in [0.1, 0.15) is 39.2 Å². The monoisotopic (exact) mass is 467 g/mol. The summed E-state index contributed by atoms with van der Waals surface area (Å²) < 4.78 is 17.0. The summed E-state index contributed by atoms with van der Waals surface area (Å²) in [7, 11) is 0. The number of fused-ring (bicyclic) bond motifs is 2. The van der Waals surface area contributed by atoms with Gasteiger partial charge in [-0.15, -0.1) is 0 Å². The number of ketones is 1. The molecule has 0 bridgehead atoms. The van der Waals surface area contributed by atoms with E-state index in [1.165, 1.54) is 0 Å². The Morgan fingerprint density at radius 2 is 1.63 bits per heavy atom. The van der Waals surface area contributed by atoms with Crippen molar-refractivity contribution in [1.82, 2.24) is 0 Å². The van der Waals surface area contributed by atoms with Crippen LogP contribution in [0.15, 0.2) is 86.4 Å². The van der Waals surface area contributed by atoms with E-state index in [0.717, 1.165) is 11.6 Å². The lowest BCUT2D eigenvalue weighted by Crippen LogP contribution is -2.16. The van der Waals surface area contributed by atoms with Gasteiger partial charge < -0.3 is 18.9 Å². The molecule has 0 aliphatic carbocycles. The number of hydrogen-bond donors (Lipinski definition) is 1. The summed E-state index contributed by atoms with van der Waals surface area (Å²) in [5.41, 5.74) is 1.89. The van der Waals surface area contributed by atoms with E-state index in [1.54, 1.807) is 66.7 Å². The van der Waals surface area contributed by atoms with Crippen molar-refractivity contribution < 1.29 is 23.2 Å². The number of anilines is 1. The van der Waals surface area contributed by atoms with Crippen molar-refractivity contribution in [2.45, 2.75) is 13.8 Å². The number of benzene rings is 3. The molecule has 0 unspecified atom stereocenters. The van der Waals surface area contributed by atoms with Gasteiger partial charge in [-0.25, -0.2) is 0 Å². The third-order valence-electron chi connectivity index (χ3n) is 5.57. The molecule has 7 nitrogen and oxygen atoms in total. The lowest BCUT2D eigenvalue weighted by Gasteiger charge is -2.07. The maximum Gasteiger partial charge on any atom is 0.291 e. The first-order chi connectivity index (χ1) is 16.9. The minimum absolute atomic E-state index is 0.0255. The molecular weight excluding hydrogens is 446 g/mol. The number of carbonyl (C=O) groups is 2. The van der Waals surface area contributed by atoms with Crippen molar-refractivity contribution >= 4 is 39.3 Å². The van der Waals surface area contributed by atoms with E-state index in [9.17, 15) is 14.4 Å². The van der Waals surface area contributed by atoms with Gasteiger partial charge in [0.1, 0.15) is 16.9 Å². The molecule has 0 aliphatic rings. The molecule has 7 heteroatoms. The normalized spacial score (nSPS) is 11.0. The number of nitrogens with one attached hydrogen (secondary N) is 1. The van der Waals surface area contributed by atoms with Crippen LogP contribution in [0, 0.1) is 6.92 Å². The average Bonchev–Trinajstić information content (AvgIpc) is 3.23. The van der Waals surface area contributed by atoms with Gasteiger partial charge in [0, 0.05) is 17.0 Å². The van der Waals surface area contributed by atoms with Gasteiger partial charge in [-0.05, 0) is 62.4 Å². The second-order valence-electron chi connectivity index (χ2n) is 8.02. The number of amides is 1. The third kappa shape index (κ3) is 4.19. The van der Waals surface area contributed by atoms with E-state index in [0.29, 0.717) is 39.9 Å². The molecule has 0 radical (unpaired) electrons. The minimum atomic E-state index is -0.670. The number of carbonyl (C=O) groups excluding carboxylic acids is 2. The van der Waals surface area contributed by atoms with Gasteiger partial charge in [0.15, 0.2) is 16.9 Å². The Kier molecular flexibility index (Phi) is 5.66. The Bertz CT molecular complexity index is 1640. The molecule has 5 rings (SSSR count). The Morgan fingerprint density at radius 3 is 2.40 bits per heavy atom. The van der Waals surface area contributed by atoms with Crippen molar-refractivity contribution in [3.8, 4) is 5.75 Å². The number of rotatable bonds is 6. The van der Waals surface area contributed by atoms with Gasteiger partial charge in [0.25, 0.3) is 5.91 Å². The number of hydrogen-bond acceptors (Lipinski definition) is 6. The van der Waals surface area contributed by atoms with Crippen molar-refractivity contribution in [2.75, 3.05) is 11.9 Å². The van der Waals surface area contributed by atoms with Gasteiger partial charge in [0.2, 0.25) is 5.78 Å². The van der Waals surface area contributed by atoms with E-state index in [2.05, 4.69) is 5.32 Å². The standard InChI is InChI=1S/C28H21NO6/c1-3-33-18-11-9-17(10-12-18)26(31)27-25(19-6-4-5-7-22(19)35-27)29-28(32)24-15-21(30)20-14-16(2)8-13-23(20)34-24/h4-15H,3H2,1-2H3,(H,29,32). The first-order valence-electron chi connectivity index (χ1n) is 11.1. The smallest absolute Gasteiger partial charge is 0.291 e. The lowest BCUT2D eigenvalue weighted by atomic mass is 10.1. The number of ether oxygens (including phenoxy) is 1. The molecule has 2 aromatic heterocycles. The first-order valence-corrected chi connectivity index (χ1v) is 11.1. The van der Waals surface area contributed by atoms with Crippen LogP contribution in [0.2, 0.25) is 0 Å². The SMILES string of the molecule is CCOc1ccc(C(=O)c2oc3ccccc3c2NC(=O)c2cc(=O)c3cc(C)ccc3o2)cc1. The van der Waals surface area contributed by atoms with Crippen LogP contribution in [-0.4, -0.2) is 18.3 Å². The van der Waals surface area contributed by atoms with Gasteiger partial charge in [-0.2, -0.15) is 0 Å². The van der Waals surface area contributed by atoms with E-state index in [1.807, 2.05) is 13.8 Å². The summed E-state index contributed by atoms with van der Waals surface area (Å²) >= 11 is 0. The van der Waals surface area contributed by atoms with Crippen LogP contribution in [0.4, 0.5) is 5.69 Å². The highest BCUT2D eigenvalue weighted by Crippen LogP contribution is 2.33. The Balaban J connectivity index is 1.54. The van der Waals surface area contributed by atoms with E-state index in [4.69, 9.17) is 13.6 Å². The highest BCUT2D eigenvalue weighted by Gasteiger charge is 2.25. The molecule has 0 atom stereocenters. The van der Waals surface area contributed by atoms with Gasteiger partial charge in [-0.3, -0.25) is 14.4 Å². The molecule has 35 heavy (non-hydrogen) atoms. The van der Waals surface area contributed by atoms with Gasteiger partial charge >= 0.3 is 0 Å². The van der Waals surface area contributed by atoms with Crippen LogP contribution in [0.25, 0.3) is 21.9 Å². The molecular formula is C28H21NO6. The fourth-order valence-electron chi connectivity index (χ4n) is 3.89. The molecule has 0 saturated heterocycles. The fraction of sp³-hybridized carbons (Fsp3) is 0.107. The van der Waals surface area contributed by atoms with Crippen LogP contribution >= 0.6 is 0 Å². The zero-order valence-electron chi connectivity index (χ0n) is 19.1. The van der Waals surface area contributed by atoms with Crippen molar-refractivity contribution in [3.05, 3.63) is 106 Å². The zero-order chi connectivity index (χ0) is 24.5. The summed E-state index contributed by atoms with van der Waals surface area (Å²) in [6.45, 7) is 4.26. The molecule has 1 amide bonds. The molecule has 3 aromatic carbocycles. The molecule has 1 N–H and O–H groups in total. The van der Waals surface area contributed by atoms with Crippen molar-refractivity contribution in [2.24, 2.45) is 0 Å². The summed E-state index contributed by atoms with van der Waals surface area (Å²) in [4.78, 5) is 39.0. The highest BCUT2D eigenvalue weighted by atomic mass is 16.5. The van der Waals surface area contributed by atoms with Crippen molar-refractivity contribution in [3.63, 3.8) is 0 Å². The molecule has 0 aliphatic heterocycles. The molecule has 0 fully saturated rings. The predicted molar refractivity (Wildman–Crippen MR) is 132 cm³/mol. The topological polar surface area (TPSA) is 98.7 Å². The van der Waals surface area contributed by atoms with Crippen LogP contribution < -0.4 is 15.5 Å². The summed E-state index contributed by atoms with van der Waals surface area (Å²) in [5.74, 6) is -0.630. The van der Waals surface area contributed by atoms with Gasteiger partial charge in [-0.1, -0.05) is 23.8 Å². The van der Waals surface area contributed by atoms with E-state index < -0.39 is 11.7 Å².